The van der Waals surface area contributed by atoms with Crippen molar-refractivity contribution in [3.63, 3.8) is 0 Å². The zero-order chi connectivity index (χ0) is 14.4. The van der Waals surface area contributed by atoms with Gasteiger partial charge in [-0.05, 0) is 31.9 Å². The lowest BCUT2D eigenvalue weighted by Gasteiger charge is -2.09. The summed E-state index contributed by atoms with van der Waals surface area (Å²) in [5.41, 5.74) is 2.11. The standard InChI is InChI=1S/C15H18N2O3/c1-2-20-15(19)13-11-16-17(14(13)9-6-10-18)12-7-4-3-5-8-12/h3-5,7-8,11,18H,2,6,9-10H2,1H3. The van der Waals surface area contributed by atoms with Crippen LogP contribution in [0.15, 0.2) is 36.5 Å². The lowest BCUT2D eigenvalue weighted by molar-refractivity contribution is 0.0525. The first kappa shape index (κ1) is 14.3. The van der Waals surface area contributed by atoms with Gasteiger partial charge in [-0.25, -0.2) is 9.48 Å². The molecule has 0 spiro atoms. The minimum atomic E-state index is -0.373. The van der Waals surface area contributed by atoms with Gasteiger partial charge >= 0.3 is 5.97 Å². The SMILES string of the molecule is CCOC(=O)c1cnn(-c2ccccc2)c1CCCO. The van der Waals surface area contributed by atoms with Gasteiger partial charge in [0.15, 0.2) is 0 Å². The van der Waals surface area contributed by atoms with Gasteiger partial charge in [-0.2, -0.15) is 5.10 Å². The van der Waals surface area contributed by atoms with E-state index in [0.717, 1.165) is 11.4 Å². The summed E-state index contributed by atoms with van der Waals surface area (Å²) in [7, 11) is 0. The summed E-state index contributed by atoms with van der Waals surface area (Å²) in [6.07, 6.45) is 2.67. The minimum Gasteiger partial charge on any atom is -0.462 e. The first-order chi connectivity index (χ1) is 9.77. The molecule has 5 nitrogen and oxygen atoms in total. The summed E-state index contributed by atoms with van der Waals surface area (Å²) in [4.78, 5) is 11.9. The smallest absolute Gasteiger partial charge is 0.341 e. The Bertz CT molecular complexity index is 564. The second-order valence-corrected chi connectivity index (χ2v) is 4.30. The fraction of sp³-hybridized carbons (Fsp3) is 0.333. The number of esters is 1. The molecule has 1 N–H and O–H groups in total. The van der Waals surface area contributed by atoms with Crippen LogP contribution in [-0.4, -0.2) is 34.1 Å². The highest BCUT2D eigenvalue weighted by atomic mass is 16.5. The van der Waals surface area contributed by atoms with E-state index in [1.807, 2.05) is 30.3 Å². The normalized spacial score (nSPS) is 10.5. The Hall–Kier alpha value is -2.14. The van der Waals surface area contributed by atoms with Crippen LogP contribution in [0.25, 0.3) is 5.69 Å². The quantitative estimate of drug-likeness (QED) is 0.818. The van der Waals surface area contributed by atoms with E-state index in [0.29, 0.717) is 25.0 Å². The molecule has 106 valence electrons. The first-order valence-electron chi connectivity index (χ1n) is 6.68. The fourth-order valence-electron chi connectivity index (χ4n) is 2.03. The number of nitrogens with zero attached hydrogens (tertiary/aromatic N) is 2. The van der Waals surface area contributed by atoms with Crippen LogP contribution < -0.4 is 0 Å². The van der Waals surface area contributed by atoms with Gasteiger partial charge in [0.1, 0.15) is 5.56 Å². The summed E-state index contributed by atoms with van der Waals surface area (Å²) in [6, 6.07) is 9.59. The van der Waals surface area contributed by atoms with Crippen molar-refractivity contribution in [1.82, 2.24) is 9.78 Å². The summed E-state index contributed by atoms with van der Waals surface area (Å²) >= 11 is 0. The third-order valence-electron chi connectivity index (χ3n) is 2.94. The van der Waals surface area contributed by atoms with Crippen molar-refractivity contribution in [3.05, 3.63) is 47.8 Å². The van der Waals surface area contributed by atoms with E-state index in [1.54, 1.807) is 11.6 Å². The number of benzene rings is 1. The minimum absolute atomic E-state index is 0.0717. The molecule has 20 heavy (non-hydrogen) atoms. The van der Waals surface area contributed by atoms with Crippen LogP contribution in [0, 0.1) is 0 Å². The molecule has 0 bridgehead atoms. The molecule has 0 unspecified atom stereocenters. The van der Waals surface area contributed by atoms with Crippen LogP contribution in [0.2, 0.25) is 0 Å². The van der Waals surface area contributed by atoms with E-state index in [2.05, 4.69) is 5.10 Å². The molecule has 1 heterocycles. The first-order valence-corrected chi connectivity index (χ1v) is 6.68. The highest BCUT2D eigenvalue weighted by Crippen LogP contribution is 2.17. The molecular formula is C15H18N2O3. The van der Waals surface area contributed by atoms with Gasteiger partial charge in [0.2, 0.25) is 0 Å². The van der Waals surface area contributed by atoms with Crippen molar-refractivity contribution in [2.24, 2.45) is 0 Å². The van der Waals surface area contributed by atoms with Crippen molar-refractivity contribution in [2.45, 2.75) is 19.8 Å². The Kier molecular flexibility index (Phi) is 4.90. The van der Waals surface area contributed by atoms with Crippen molar-refractivity contribution >= 4 is 5.97 Å². The number of aliphatic hydroxyl groups is 1. The lowest BCUT2D eigenvalue weighted by atomic mass is 10.1. The van der Waals surface area contributed by atoms with E-state index in [1.165, 1.54) is 6.20 Å². The average Bonchev–Trinajstić information content (AvgIpc) is 2.90. The van der Waals surface area contributed by atoms with Crippen molar-refractivity contribution in [2.75, 3.05) is 13.2 Å². The Labute approximate surface area is 117 Å². The highest BCUT2D eigenvalue weighted by Gasteiger charge is 2.18. The molecule has 0 aliphatic rings. The third-order valence-corrected chi connectivity index (χ3v) is 2.94. The largest absolute Gasteiger partial charge is 0.462 e. The van der Waals surface area contributed by atoms with Gasteiger partial charge in [0.25, 0.3) is 0 Å². The number of aromatic nitrogens is 2. The molecule has 5 heteroatoms. The maximum atomic E-state index is 11.9. The van der Waals surface area contributed by atoms with Crippen LogP contribution in [0.5, 0.6) is 0 Å². The fourth-order valence-corrected chi connectivity index (χ4v) is 2.03. The molecule has 0 atom stereocenters. The lowest BCUT2D eigenvalue weighted by Crippen LogP contribution is -2.10. The summed E-state index contributed by atoms with van der Waals surface area (Å²) in [5.74, 6) is -0.373. The van der Waals surface area contributed by atoms with Gasteiger partial charge in [0.05, 0.1) is 24.2 Å². The van der Waals surface area contributed by atoms with E-state index in [-0.39, 0.29) is 12.6 Å². The number of hydrogen-bond acceptors (Lipinski definition) is 4. The maximum Gasteiger partial charge on any atom is 0.341 e. The van der Waals surface area contributed by atoms with Gasteiger partial charge in [0, 0.05) is 6.61 Å². The number of rotatable bonds is 6. The van der Waals surface area contributed by atoms with Crippen molar-refractivity contribution in [3.8, 4) is 5.69 Å². The van der Waals surface area contributed by atoms with Gasteiger partial charge in [-0.1, -0.05) is 18.2 Å². The molecule has 0 radical (unpaired) electrons. The molecule has 0 saturated heterocycles. The molecule has 1 aromatic carbocycles. The van der Waals surface area contributed by atoms with E-state index in [9.17, 15) is 4.79 Å². The van der Waals surface area contributed by atoms with Crippen LogP contribution in [-0.2, 0) is 11.2 Å². The molecule has 2 rings (SSSR count). The Morgan fingerprint density at radius 3 is 2.75 bits per heavy atom. The topological polar surface area (TPSA) is 64.3 Å². The Balaban J connectivity index is 2.39. The number of carbonyl (C=O) groups is 1. The molecule has 0 amide bonds. The number of ether oxygens (including phenoxy) is 1. The summed E-state index contributed by atoms with van der Waals surface area (Å²) in [5, 5.41) is 13.3. The molecule has 1 aromatic heterocycles. The monoisotopic (exact) mass is 274 g/mol. The Morgan fingerprint density at radius 1 is 1.35 bits per heavy atom. The number of para-hydroxylation sites is 1. The van der Waals surface area contributed by atoms with E-state index >= 15 is 0 Å². The molecule has 2 aromatic rings. The molecular weight excluding hydrogens is 256 g/mol. The molecule has 0 aliphatic carbocycles. The number of aliphatic hydroxyl groups excluding tert-OH is 1. The summed E-state index contributed by atoms with van der Waals surface area (Å²) < 4.78 is 6.77. The van der Waals surface area contributed by atoms with E-state index in [4.69, 9.17) is 9.84 Å². The van der Waals surface area contributed by atoms with Crippen molar-refractivity contribution in [1.29, 1.82) is 0 Å². The second-order valence-electron chi connectivity index (χ2n) is 4.30. The third kappa shape index (κ3) is 3.05. The Morgan fingerprint density at radius 2 is 2.10 bits per heavy atom. The molecule has 0 aliphatic heterocycles. The van der Waals surface area contributed by atoms with Crippen LogP contribution in [0.1, 0.15) is 29.4 Å². The van der Waals surface area contributed by atoms with Gasteiger partial charge < -0.3 is 9.84 Å². The predicted molar refractivity (Wildman–Crippen MR) is 74.9 cm³/mol. The maximum absolute atomic E-state index is 11.9. The van der Waals surface area contributed by atoms with Crippen LogP contribution >= 0.6 is 0 Å². The van der Waals surface area contributed by atoms with Crippen LogP contribution in [0.3, 0.4) is 0 Å². The van der Waals surface area contributed by atoms with Gasteiger partial charge in [-0.3, -0.25) is 0 Å². The molecule has 0 saturated carbocycles. The van der Waals surface area contributed by atoms with Crippen LogP contribution in [0.4, 0.5) is 0 Å². The number of carbonyl (C=O) groups excluding carboxylic acids is 1. The number of hydrogen-bond donors (Lipinski definition) is 1. The zero-order valence-electron chi connectivity index (χ0n) is 11.5. The van der Waals surface area contributed by atoms with Crippen molar-refractivity contribution < 1.29 is 14.6 Å². The molecule has 0 fully saturated rings. The highest BCUT2D eigenvalue weighted by molar-refractivity contribution is 5.90. The zero-order valence-corrected chi connectivity index (χ0v) is 11.5. The predicted octanol–water partition coefficient (Wildman–Crippen LogP) is 1.97. The van der Waals surface area contributed by atoms with Gasteiger partial charge in [-0.15, -0.1) is 0 Å². The summed E-state index contributed by atoms with van der Waals surface area (Å²) in [6.45, 7) is 2.17. The van der Waals surface area contributed by atoms with E-state index < -0.39 is 0 Å². The second kappa shape index (κ2) is 6.86. The average molecular weight is 274 g/mol.